The second kappa shape index (κ2) is 5.70. The molecule has 0 spiro atoms. The maximum absolute atomic E-state index is 9.32. The Bertz CT molecular complexity index is 714. The van der Waals surface area contributed by atoms with Crippen molar-refractivity contribution in [3.05, 3.63) is 57.7 Å². The molecule has 0 aliphatic heterocycles. The minimum atomic E-state index is -0.946. The fourth-order valence-corrected chi connectivity index (χ4v) is 2.93. The zero-order chi connectivity index (χ0) is 17.3. The number of H-pyrrole nitrogens is 1. The Kier molecular flexibility index (Phi) is 4.22. The Balaban J connectivity index is 2.90. The minimum absolute atomic E-state index is 0.224. The van der Waals surface area contributed by atoms with Gasteiger partial charge < -0.3 is 0 Å². The molecule has 0 amide bonds. The van der Waals surface area contributed by atoms with Gasteiger partial charge in [0.2, 0.25) is 0 Å². The fraction of sp³-hybridized carbons (Fsp3) is 0.529. The van der Waals surface area contributed by atoms with Gasteiger partial charge in [0.25, 0.3) is 0 Å². The van der Waals surface area contributed by atoms with Gasteiger partial charge in [0.15, 0.2) is 0 Å². The lowest BCUT2D eigenvalue weighted by Crippen LogP contribution is -2.41. The van der Waals surface area contributed by atoms with E-state index in [4.69, 9.17) is 0 Å². The van der Waals surface area contributed by atoms with E-state index < -0.39 is 11.0 Å². The van der Waals surface area contributed by atoms with Gasteiger partial charge in [-0.3, -0.25) is 0 Å². The summed E-state index contributed by atoms with van der Waals surface area (Å²) in [5.41, 5.74) is 10.2. The van der Waals surface area contributed by atoms with Crippen molar-refractivity contribution < 1.29 is 0 Å². The van der Waals surface area contributed by atoms with Crippen molar-refractivity contribution in [2.24, 2.45) is 10.5 Å². The summed E-state index contributed by atoms with van der Waals surface area (Å²) in [5, 5.41) is 15.8. The third-order valence-electron chi connectivity index (χ3n) is 4.07. The van der Waals surface area contributed by atoms with E-state index in [1.54, 1.807) is 0 Å². The molecule has 6 heteroatoms. The Morgan fingerprint density at radius 3 is 2.00 bits per heavy atom. The number of nitrogens with zero attached hydrogens (tertiary/aromatic N) is 5. The standard InChI is InChI=1S/C17H24N6/c1-15(2,3)13-14(20-23-19-13)17(21-22-18,16(4,5)6)12-10-8-7-9-11-12/h7-11H,1-6H3,(H,19,20,23). The maximum Gasteiger partial charge on any atom is 0.124 e. The van der Waals surface area contributed by atoms with Gasteiger partial charge >= 0.3 is 0 Å². The summed E-state index contributed by atoms with van der Waals surface area (Å²) in [6.45, 7) is 12.4. The summed E-state index contributed by atoms with van der Waals surface area (Å²) in [5.74, 6) is 0. The van der Waals surface area contributed by atoms with Gasteiger partial charge in [-0.1, -0.05) is 77.0 Å². The van der Waals surface area contributed by atoms with E-state index in [0.717, 1.165) is 11.3 Å². The number of nitrogens with one attached hydrogen (secondary N) is 1. The minimum Gasteiger partial charge on any atom is -0.197 e. The van der Waals surface area contributed by atoms with Crippen molar-refractivity contribution in [2.75, 3.05) is 0 Å². The van der Waals surface area contributed by atoms with Crippen molar-refractivity contribution in [3.63, 3.8) is 0 Å². The van der Waals surface area contributed by atoms with Gasteiger partial charge in [-0.15, -0.1) is 0 Å². The number of aromatic nitrogens is 3. The van der Waals surface area contributed by atoms with Crippen LogP contribution in [0, 0.1) is 5.41 Å². The lowest BCUT2D eigenvalue weighted by Gasteiger charge is -2.41. The highest BCUT2D eigenvalue weighted by molar-refractivity contribution is 5.41. The van der Waals surface area contributed by atoms with Crippen LogP contribution >= 0.6 is 0 Å². The average molecular weight is 312 g/mol. The summed E-state index contributed by atoms with van der Waals surface area (Å²) in [7, 11) is 0. The molecule has 1 heterocycles. The van der Waals surface area contributed by atoms with Gasteiger partial charge in [0, 0.05) is 10.3 Å². The molecule has 1 aromatic heterocycles. The van der Waals surface area contributed by atoms with Crippen molar-refractivity contribution in [2.45, 2.75) is 52.5 Å². The Labute approximate surface area is 136 Å². The molecular formula is C17H24N6. The number of azide groups is 1. The predicted octanol–water partition coefficient (Wildman–Crippen LogP) is 4.70. The van der Waals surface area contributed by atoms with Crippen LogP contribution in [0.1, 0.15) is 58.5 Å². The zero-order valence-electron chi connectivity index (χ0n) is 14.6. The van der Waals surface area contributed by atoms with Gasteiger partial charge in [-0.05, 0) is 16.5 Å². The number of hydrogen-bond donors (Lipinski definition) is 1. The van der Waals surface area contributed by atoms with Crippen LogP contribution in [0.2, 0.25) is 0 Å². The van der Waals surface area contributed by atoms with Crippen LogP contribution in [0.3, 0.4) is 0 Å². The third-order valence-corrected chi connectivity index (χ3v) is 4.07. The SMILES string of the molecule is CC(C)(C)c1n[nH]nc1C(N=[N+]=[N-])(c1ccccc1)C(C)(C)C. The molecule has 0 aliphatic rings. The van der Waals surface area contributed by atoms with E-state index in [0.29, 0.717) is 5.69 Å². The van der Waals surface area contributed by atoms with Crippen LogP contribution in [-0.2, 0) is 11.0 Å². The molecule has 6 nitrogen and oxygen atoms in total. The van der Waals surface area contributed by atoms with E-state index in [-0.39, 0.29) is 5.41 Å². The molecule has 0 aliphatic carbocycles. The first-order valence-corrected chi connectivity index (χ1v) is 7.68. The molecule has 1 unspecified atom stereocenters. The number of rotatable bonds is 3. The molecule has 0 fully saturated rings. The van der Waals surface area contributed by atoms with Crippen LogP contribution in [-0.4, -0.2) is 15.4 Å². The van der Waals surface area contributed by atoms with Crippen LogP contribution in [0.5, 0.6) is 0 Å². The summed E-state index contributed by atoms with van der Waals surface area (Å²) < 4.78 is 0. The summed E-state index contributed by atoms with van der Waals surface area (Å²) >= 11 is 0. The molecule has 1 aromatic carbocycles. The second-order valence-electron chi connectivity index (χ2n) is 7.79. The van der Waals surface area contributed by atoms with Gasteiger partial charge in [-0.2, -0.15) is 15.4 Å². The van der Waals surface area contributed by atoms with Gasteiger partial charge in [0.05, 0.1) is 5.69 Å². The van der Waals surface area contributed by atoms with E-state index in [9.17, 15) is 5.53 Å². The molecule has 1 N–H and O–H groups in total. The third kappa shape index (κ3) is 2.82. The molecule has 0 saturated carbocycles. The molecule has 2 rings (SSSR count). The summed E-state index contributed by atoms with van der Waals surface area (Å²) in [6.07, 6.45) is 0. The van der Waals surface area contributed by atoms with E-state index >= 15 is 0 Å². The van der Waals surface area contributed by atoms with Crippen LogP contribution in [0.4, 0.5) is 0 Å². The molecule has 122 valence electrons. The average Bonchev–Trinajstić information content (AvgIpc) is 2.94. The Morgan fingerprint density at radius 1 is 0.957 bits per heavy atom. The first kappa shape index (κ1) is 17.0. The lowest BCUT2D eigenvalue weighted by molar-refractivity contribution is 0.225. The topological polar surface area (TPSA) is 90.3 Å². The van der Waals surface area contributed by atoms with E-state index in [1.165, 1.54) is 0 Å². The van der Waals surface area contributed by atoms with Crippen LogP contribution in [0.25, 0.3) is 10.4 Å². The molecular weight excluding hydrogens is 288 g/mol. The van der Waals surface area contributed by atoms with E-state index in [2.05, 4.69) is 67.0 Å². The highest BCUT2D eigenvalue weighted by atomic mass is 15.4. The lowest BCUT2D eigenvalue weighted by atomic mass is 9.66. The molecule has 0 radical (unpaired) electrons. The largest absolute Gasteiger partial charge is 0.197 e. The summed E-state index contributed by atoms with van der Waals surface area (Å²) in [6, 6.07) is 9.78. The Hall–Kier alpha value is -2.33. The number of hydrogen-bond acceptors (Lipinski definition) is 3. The predicted molar refractivity (Wildman–Crippen MR) is 90.9 cm³/mol. The fourth-order valence-electron chi connectivity index (χ4n) is 2.93. The van der Waals surface area contributed by atoms with Crippen molar-refractivity contribution in [3.8, 4) is 0 Å². The Morgan fingerprint density at radius 2 is 1.52 bits per heavy atom. The smallest absolute Gasteiger partial charge is 0.124 e. The zero-order valence-corrected chi connectivity index (χ0v) is 14.6. The number of benzene rings is 1. The van der Waals surface area contributed by atoms with Gasteiger partial charge in [0.1, 0.15) is 11.2 Å². The van der Waals surface area contributed by atoms with Crippen molar-refractivity contribution in [1.82, 2.24) is 15.4 Å². The maximum atomic E-state index is 9.32. The first-order valence-electron chi connectivity index (χ1n) is 7.68. The molecule has 1 atom stereocenters. The molecule has 2 aromatic rings. The number of aromatic amines is 1. The second-order valence-corrected chi connectivity index (χ2v) is 7.79. The highest BCUT2D eigenvalue weighted by Gasteiger charge is 2.49. The van der Waals surface area contributed by atoms with Gasteiger partial charge in [-0.25, -0.2) is 0 Å². The quantitative estimate of drug-likeness (QED) is 0.505. The monoisotopic (exact) mass is 312 g/mol. The molecule has 23 heavy (non-hydrogen) atoms. The highest BCUT2D eigenvalue weighted by Crippen LogP contribution is 2.49. The molecule has 0 saturated heterocycles. The first-order chi connectivity index (χ1) is 10.6. The van der Waals surface area contributed by atoms with Crippen molar-refractivity contribution >= 4 is 0 Å². The van der Waals surface area contributed by atoms with Crippen molar-refractivity contribution in [1.29, 1.82) is 0 Å². The van der Waals surface area contributed by atoms with Crippen LogP contribution < -0.4 is 0 Å². The van der Waals surface area contributed by atoms with Crippen LogP contribution in [0.15, 0.2) is 35.4 Å². The summed E-state index contributed by atoms with van der Waals surface area (Å²) in [4.78, 5) is 3.17. The molecule has 0 bridgehead atoms. The van der Waals surface area contributed by atoms with E-state index in [1.807, 2.05) is 30.3 Å². The normalized spacial score (nSPS) is 14.9.